The third-order valence-electron chi connectivity index (χ3n) is 2.91. The Morgan fingerprint density at radius 1 is 1.35 bits per heavy atom. The Morgan fingerprint density at radius 2 is 1.94 bits per heavy atom. The van der Waals surface area contributed by atoms with Gasteiger partial charge in [-0.2, -0.15) is 4.31 Å². The molecule has 1 aromatic rings. The molecule has 0 aliphatic carbocycles. The fourth-order valence-corrected chi connectivity index (χ4v) is 3.10. The van der Waals surface area contributed by atoms with Crippen LogP contribution in [0.2, 0.25) is 5.15 Å². The first-order chi connectivity index (χ1) is 7.76. The molecule has 0 radical (unpaired) electrons. The third kappa shape index (κ3) is 3.18. The minimum atomic E-state index is -3.50. The molecule has 0 saturated carbocycles. The van der Waals surface area contributed by atoms with E-state index in [9.17, 15) is 8.42 Å². The molecule has 1 rings (SSSR count). The first-order valence-electron chi connectivity index (χ1n) is 5.36. The van der Waals surface area contributed by atoms with Gasteiger partial charge in [-0.1, -0.05) is 25.4 Å². The van der Waals surface area contributed by atoms with E-state index in [-0.39, 0.29) is 22.0 Å². The lowest BCUT2D eigenvalue weighted by molar-refractivity contribution is 0.316. The van der Waals surface area contributed by atoms with E-state index < -0.39 is 10.0 Å². The summed E-state index contributed by atoms with van der Waals surface area (Å²) < 4.78 is 25.9. The fraction of sp³-hybridized carbons (Fsp3) is 0.545. The van der Waals surface area contributed by atoms with Gasteiger partial charge in [-0.25, -0.2) is 13.4 Å². The van der Waals surface area contributed by atoms with Crippen molar-refractivity contribution in [2.45, 2.75) is 31.7 Å². The maximum Gasteiger partial charge on any atom is 0.243 e. The van der Waals surface area contributed by atoms with Crippen LogP contribution in [0.4, 0.5) is 0 Å². The molecular weight excluding hydrogens is 260 g/mol. The summed E-state index contributed by atoms with van der Waals surface area (Å²) in [5, 5.41) is 0.177. The zero-order valence-electron chi connectivity index (χ0n) is 10.4. The first kappa shape index (κ1) is 14.4. The Labute approximate surface area is 108 Å². The molecule has 0 aliphatic rings. The zero-order chi connectivity index (χ0) is 13.2. The van der Waals surface area contributed by atoms with Gasteiger partial charge in [0.15, 0.2) is 0 Å². The van der Waals surface area contributed by atoms with Crippen molar-refractivity contribution in [1.82, 2.24) is 9.29 Å². The van der Waals surface area contributed by atoms with Gasteiger partial charge in [0, 0.05) is 19.3 Å². The van der Waals surface area contributed by atoms with Crippen LogP contribution in [-0.4, -0.2) is 30.8 Å². The number of aromatic nitrogens is 1. The SMILES string of the molecule is CC(C)C(C)N(C)S(=O)(=O)c1ccnc(Cl)c1. The average molecular weight is 277 g/mol. The second-order valence-corrected chi connectivity index (χ2v) is 6.70. The molecule has 0 N–H and O–H groups in total. The van der Waals surface area contributed by atoms with Crippen molar-refractivity contribution in [2.75, 3.05) is 7.05 Å². The summed E-state index contributed by atoms with van der Waals surface area (Å²) in [6.45, 7) is 5.84. The van der Waals surface area contributed by atoms with E-state index in [0.29, 0.717) is 0 Å². The normalized spacial score (nSPS) is 14.3. The van der Waals surface area contributed by atoms with Gasteiger partial charge < -0.3 is 0 Å². The number of hydrogen-bond donors (Lipinski definition) is 0. The lowest BCUT2D eigenvalue weighted by Crippen LogP contribution is -2.38. The zero-order valence-corrected chi connectivity index (χ0v) is 12.0. The lowest BCUT2D eigenvalue weighted by Gasteiger charge is -2.27. The maximum absolute atomic E-state index is 12.3. The molecule has 4 nitrogen and oxygen atoms in total. The van der Waals surface area contributed by atoms with E-state index in [1.165, 1.54) is 22.6 Å². The highest BCUT2D eigenvalue weighted by molar-refractivity contribution is 7.89. The van der Waals surface area contributed by atoms with E-state index in [2.05, 4.69) is 4.98 Å². The Hall–Kier alpha value is -0.650. The number of sulfonamides is 1. The van der Waals surface area contributed by atoms with Crippen molar-refractivity contribution in [3.63, 3.8) is 0 Å². The molecule has 17 heavy (non-hydrogen) atoms. The van der Waals surface area contributed by atoms with Crippen molar-refractivity contribution in [3.8, 4) is 0 Å². The topological polar surface area (TPSA) is 50.3 Å². The summed E-state index contributed by atoms with van der Waals surface area (Å²) in [5.74, 6) is 0.243. The number of halogens is 1. The molecule has 1 unspecified atom stereocenters. The molecule has 0 aromatic carbocycles. The van der Waals surface area contributed by atoms with E-state index in [1.807, 2.05) is 20.8 Å². The Bertz CT molecular complexity index is 488. The van der Waals surface area contributed by atoms with E-state index >= 15 is 0 Å². The summed E-state index contributed by atoms with van der Waals surface area (Å²) in [4.78, 5) is 3.95. The summed E-state index contributed by atoms with van der Waals surface area (Å²) in [7, 11) is -1.92. The average Bonchev–Trinajstić information content (AvgIpc) is 2.26. The highest BCUT2D eigenvalue weighted by Gasteiger charge is 2.27. The summed E-state index contributed by atoms with van der Waals surface area (Å²) >= 11 is 5.70. The van der Waals surface area contributed by atoms with Crippen LogP contribution >= 0.6 is 11.6 Å². The molecule has 1 atom stereocenters. The predicted octanol–water partition coefficient (Wildman–Crippen LogP) is 2.40. The minimum absolute atomic E-state index is 0.0769. The van der Waals surface area contributed by atoms with Gasteiger partial charge in [-0.3, -0.25) is 0 Å². The molecule has 6 heteroatoms. The van der Waals surface area contributed by atoms with Crippen LogP contribution in [0.3, 0.4) is 0 Å². The van der Waals surface area contributed by atoms with Gasteiger partial charge in [0.2, 0.25) is 10.0 Å². The minimum Gasteiger partial charge on any atom is -0.244 e. The van der Waals surface area contributed by atoms with Crippen molar-refractivity contribution < 1.29 is 8.42 Å². The maximum atomic E-state index is 12.3. The molecule has 0 saturated heterocycles. The highest BCUT2D eigenvalue weighted by atomic mass is 35.5. The molecule has 0 fully saturated rings. The number of nitrogens with zero attached hydrogens (tertiary/aromatic N) is 2. The van der Waals surface area contributed by atoms with Crippen molar-refractivity contribution in [1.29, 1.82) is 0 Å². The third-order valence-corrected chi connectivity index (χ3v) is 5.06. The van der Waals surface area contributed by atoms with Crippen LogP contribution < -0.4 is 0 Å². The number of hydrogen-bond acceptors (Lipinski definition) is 3. The Balaban J connectivity index is 3.12. The van der Waals surface area contributed by atoms with Crippen molar-refractivity contribution in [2.24, 2.45) is 5.92 Å². The molecule has 0 aliphatic heterocycles. The fourth-order valence-electron chi connectivity index (χ4n) is 1.35. The molecule has 96 valence electrons. The largest absolute Gasteiger partial charge is 0.244 e. The first-order valence-corrected chi connectivity index (χ1v) is 7.18. The van der Waals surface area contributed by atoms with Crippen LogP contribution in [0.1, 0.15) is 20.8 Å². The summed E-state index contributed by atoms with van der Waals surface area (Å²) in [6, 6.07) is 2.73. The van der Waals surface area contributed by atoms with Gasteiger partial charge in [-0.15, -0.1) is 0 Å². The van der Waals surface area contributed by atoms with E-state index in [1.54, 1.807) is 7.05 Å². The predicted molar refractivity (Wildman–Crippen MR) is 68.5 cm³/mol. The molecule has 1 heterocycles. The van der Waals surface area contributed by atoms with Crippen LogP contribution in [-0.2, 0) is 10.0 Å². The van der Waals surface area contributed by atoms with Crippen LogP contribution in [0.5, 0.6) is 0 Å². The smallest absolute Gasteiger partial charge is 0.243 e. The van der Waals surface area contributed by atoms with Gasteiger partial charge >= 0.3 is 0 Å². The molecule has 1 aromatic heterocycles. The second-order valence-electron chi connectivity index (χ2n) is 4.32. The van der Waals surface area contributed by atoms with Crippen LogP contribution in [0.15, 0.2) is 23.2 Å². The van der Waals surface area contributed by atoms with Gasteiger partial charge in [0.05, 0.1) is 4.90 Å². The highest BCUT2D eigenvalue weighted by Crippen LogP contribution is 2.21. The quantitative estimate of drug-likeness (QED) is 0.794. The molecule has 0 amide bonds. The molecule has 0 bridgehead atoms. The number of pyridine rings is 1. The molecular formula is C11H17ClN2O2S. The summed E-state index contributed by atoms with van der Waals surface area (Å²) in [6.07, 6.45) is 1.39. The number of rotatable bonds is 4. The van der Waals surface area contributed by atoms with Crippen molar-refractivity contribution >= 4 is 21.6 Å². The Kier molecular flexibility index (Phi) is 4.52. The molecule has 0 spiro atoms. The summed E-state index contributed by atoms with van der Waals surface area (Å²) in [5.41, 5.74) is 0. The van der Waals surface area contributed by atoms with Crippen LogP contribution in [0, 0.1) is 5.92 Å². The van der Waals surface area contributed by atoms with Gasteiger partial charge in [0.25, 0.3) is 0 Å². The monoisotopic (exact) mass is 276 g/mol. The Morgan fingerprint density at radius 3 is 2.41 bits per heavy atom. The van der Waals surface area contributed by atoms with Gasteiger partial charge in [-0.05, 0) is 25.0 Å². The van der Waals surface area contributed by atoms with E-state index in [4.69, 9.17) is 11.6 Å². The standard InChI is InChI=1S/C11H17ClN2O2S/c1-8(2)9(3)14(4)17(15,16)10-5-6-13-11(12)7-10/h5-9H,1-4H3. The lowest BCUT2D eigenvalue weighted by atomic mass is 10.1. The van der Waals surface area contributed by atoms with Crippen molar-refractivity contribution in [3.05, 3.63) is 23.5 Å². The second kappa shape index (κ2) is 5.33. The van der Waals surface area contributed by atoms with Gasteiger partial charge in [0.1, 0.15) is 5.15 Å². The van der Waals surface area contributed by atoms with E-state index in [0.717, 1.165) is 0 Å². The van der Waals surface area contributed by atoms with Crippen LogP contribution in [0.25, 0.3) is 0 Å².